The fourth-order valence-electron chi connectivity index (χ4n) is 5.13. The number of nitrogens with zero attached hydrogens (tertiary/aromatic N) is 3. The molecule has 1 atom stereocenters. The Morgan fingerprint density at radius 2 is 1.63 bits per heavy atom. The minimum absolute atomic E-state index is 0. The van der Waals surface area contributed by atoms with Crippen LogP contribution in [0.25, 0.3) is 0 Å². The lowest BCUT2D eigenvalue weighted by Gasteiger charge is -2.38. The van der Waals surface area contributed by atoms with Crippen LogP contribution < -0.4 is 0 Å². The number of carbonyl (C=O) groups is 1. The third kappa shape index (κ3) is 8.97. The largest absolute Gasteiger partial charge is 0.453 e. The van der Waals surface area contributed by atoms with E-state index in [1.54, 1.807) is 31.3 Å². The maximum atomic E-state index is 13.2. The molecule has 1 aliphatic heterocycles. The molecule has 1 amide bonds. The molecule has 0 saturated carbocycles. The molecule has 7 nitrogen and oxygen atoms in total. The Balaban J connectivity index is 0.00000507. The molecule has 1 heterocycles. The van der Waals surface area contributed by atoms with Gasteiger partial charge in [0.15, 0.2) is 0 Å². The van der Waals surface area contributed by atoms with E-state index in [1.165, 1.54) is 11.4 Å². The molecular formula is C29H44ClN3O4S. The molecule has 1 aliphatic rings. The van der Waals surface area contributed by atoms with Crippen LogP contribution in [0, 0.1) is 0 Å². The third-order valence-electron chi connectivity index (χ3n) is 7.40. The molecular weight excluding hydrogens is 522 g/mol. The van der Waals surface area contributed by atoms with E-state index in [9.17, 15) is 13.2 Å². The lowest BCUT2D eigenvalue weighted by atomic mass is 9.94. The molecule has 0 radical (unpaired) electrons. The Bertz CT molecular complexity index is 1050. The first-order chi connectivity index (χ1) is 17.9. The summed E-state index contributed by atoms with van der Waals surface area (Å²) in [6.45, 7) is 6.07. The van der Waals surface area contributed by atoms with Crippen LogP contribution in [0.1, 0.15) is 56.9 Å². The SMILES string of the molecule is CCCCCN(C(=O)OC)C1CCN(CCC(CN(C)S(=O)(=O)c2ccccc2)c2ccccc2)CC1.Cl. The van der Waals surface area contributed by atoms with Crippen molar-refractivity contribution in [3.8, 4) is 0 Å². The second-order valence-corrected chi connectivity index (χ2v) is 12.0. The number of hydrogen-bond donors (Lipinski definition) is 0. The zero-order valence-corrected chi connectivity index (χ0v) is 24.6. The van der Waals surface area contributed by atoms with Gasteiger partial charge in [-0.15, -0.1) is 12.4 Å². The van der Waals surface area contributed by atoms with Crippen molar-refractivity contribution in [3.05, 3.63) is 66.2 Å². The number of halogens is 1. The van der Waals surface area contributed by atoms with E-state index < -0.39 is 10.0 Å². The van der Waals surface area contributed by atoms with Crippen molar-refractivity contribution >= 4 is 28.5 Å². The first-order valence-electron chi connectivity index (χ1n) is 13.5. The van der Waals surface area contributed by atoms with Gasteiger partial charge in [0.2, 0.25) is 10.0 Å². The van der Waals surface area contributed by atoms with E-state index in [0.29, 0.717) is 11.4 Å². The first-order valence-corrected chi connectivity index (χ1v) is 14.9. The average molecular weight is 566 g/mol. The number of amides is 1. The molecule has 0 bridgehead atoms. The zero-order chi connectivity index (χ0) is 26.7. The van der Waals surface area contributed by atoms with Crippen LogP contribution in [-0.4, -0.2) is 81.5 Å². The molecule has 9 heteroatoms. The Hall–Kier alpha value is -2.13. The van der Waals surface area contributed by atoms with Crippen LogP contribution in [0.2, 0.25) is 0 Å². The van der Waals surface area contributed by atoms with Crippen LogP contribution in [-0.2, 0) is 14.8 Å². The summed E-state index contributed by atoms with van der Waals surface area (Å²) in [5.74, 6) is 0.0861. The van der Waals surface area contributed by atoms with Crippen molar-refractivity contribution in [1.82, 2.24) is 14.1 Å². The molecule has 0 aliphatic carbocycles. The minimum Gasteiger partial charge on any atom is -0.453 e. The summed E-state index contributed by atoms with van der Waals surface area (Å²) in [6.07, 6.45) is 5.74. The standard InChI is InChI=1S/C29H43N3O4S.ClH/c1-4-5-12-20-32(29(33)36-3)27-18-22-31(23-19-27)21-17-26(25-13-8-6-9-14-25)24-30(2)37(34,35)28-15-10-7-11-16-28;/h6-11,13-16,26-27H,4-5,12,17-24H2,1-3H3;1H. The van der Waals surface area contributed by atoms with Crippen LogP contribution in [0.4, 0.5) is 4.79 Å². The van der Waals surface area contributed by atoms with E-state index in [1.807, 2.05) is 29.2 Å². The van der Waals surface area contributed by atoms with Gasteiger partial charge < -0.3 is 14.5 Å². The van der Waals surface area contributed by atoms with Gasteiger partial charge in [0.25, 0.3) is 0 Å². The smallest absolute Gasteiger partial charge is 0.409 e. The number of unbranched alkanes of at least 4 members (excludes halogenated alkanes) is 2. The number of sulfonamides is 1. The predicted octanol–water partition coefficient (Wildman–Crippen LogP) is 5.63. The minimum atomic E-state index is -3.55. The maximum absolute atomic E-state index is 13.2. The number of hydrogen-bond acceptors (Lipinski definition) is 5. The molecule has 38 heavy (non-hydrogen) atoms. The molecule has 212 valence electrons. The second kappa shape index (κ2) is 16.1. The highest BCUT2D eigenvalue weighted by Gasteiger charge is 2.29. The highest BCUT2D eigenvalue weighted by atomic mass is 35.5. The van der Waals surface area contributed by atoms with E-state index in [4.69, 9.17) is 4.74 Å². The number of ether oxygens (including phenoxy) is 1. The number of methoxy groups -OCH3 is 1. The van der Waals surface area contributed by atoms with E-state index in [-0.39, 0.29) is 30.5 Å². The molecule has 0 N–H and O–H groups in total. The molecule has 1 fully saturated rings. The number of likely N-dealkylation sites (N-methyl/N-ethyl adjacent to an activating group) is 1. The Labute approximate surface area is 235 Å². The highest BCUT2D eigenvalue weighted by molar-refractivity contribution is 7.89. The van der Waals surface area contributed by atoms with E-state index >= 15 is 0 Å². The number of carbonyl (C=O) groups excluding carboxylic acids is 1. The number of piperidine rings is 1. The van der Waals surface area contributed by atoms with Crippen molar-refractivity contribution in [3.63, 3.8) is 0 Å². The number of likely N-dealkylation sites (tertiary alicyclic amines) is 1. The summed E-state index contributed by atoms with van der Waals surface area (Å²) in [4.78, 5) is 17.1. The van der Waals surface area contributed by atoms with Crippen molar-refractivity contribution in [2.24, 2.45) is 0 Å². The van der Waals surface area contributed by atoms with E-state index in [2.05, 4.69) is 24.0 Å². The third-order valence-corrected chi connectivity index (χ3v) is 9.24. The van der Waals surface area contributed by atoms with Gasteiger partial charge >= 0.3 is 6.09 Å². The van der Waals surface area contributed by atoms with Crippen LogP contribution >= 0.6 is 12.4 Å². The molecule has 3 rings (SSSR count). The quantitative estimate of drug-likeness (QED) is 0.295. The van der Waals surface area contributed by atoms with Crippen LogP contribution in [0.15, 0.2) is 65.6 Å². The van der Waals surface area contributed by atoms with Crippen molar-refractivity contribution < 1.29 is 17.9 Å². The van der Waals surface area contributed by atoms with Crippen molar-refractivity contribution in [2.45, 2.75) is 62.3 Å². The Kier molecular flexibility index (Phi) is 13.6. The van der Waals surface area contributed by atoms with Crippen molar-refractivity contribution in [2.75, 3.05) is 46.9 Å². The van der Waals surface area contributed by atoms with Gasteiger partial charge in [-0.05, 0) is 55.8 Å². The number of rotatable bonds is 13. The zero-order valence-electron chi connectivity index (χ0n) is 23.0. The molecule has 1 unspecified atom stereocenters. The molecule has 0 aromatic heterocycles. The topological polar surface area (TPSA) is 70.2 Å². The fraction of sp³-hybridized carbons (Fsp3) is 0.552. The summed E-state index contributed by atoms with van der Waals surface area (Å²) < 4.78 is 32.9. The fourth-order valence-corrected chi connectivity index (χ4v) is 6.37. The summed E-state index contributed by atoms with van der Waals surface area (Å²) in [6, 6.07) is 19.0. The van der Waals surface area contributed by atoms with Gasteiger partial charge in [-0.2, -0.15) is 0 Å². The van der Waals surface area contributed by atoms with E-state index in [0.717, 1.165) is 70.3 Å². The lowest BCUT2D eigenvalue weighted by molar-refractivity contribution is 0.0763. The van der Waals surface area contributed by atoms with Gasteiger partial charge in [-0.1, -0.05) is 68.3 Å². The maximum Gasteiger partial charge on any atom is 0.409 e. The Morgan fingerprint density at radius 3 is 2.21 bits per heavy atom. The van der Waals surface area contributed by atoms with Gasteiger partial charge in [0, 0.05) is 39.3 Å². The van der Waals surface area contributed by atoms with Gasteiger partial charge in [0.05, 0.1) is 12.0 Å². The first kappa shape index (κ1) is 32.1. The van der Waals surface area contributed by atoms with Crippen molar-refractivity contribution in [1.29, 1.82) is 0 Å². The second-order valence-electron chi connectivity index (χ2n) is 9.94. The molecule has 2 aromatic carbocycles. The molecule has 1 saturated heterocycles. The monoisotopic (exact) mass is 565 g/mol. The molecule has 0 spiro atoms. The number of benzene rings is 2. The molecule has 2 aromatic rings. The summed E-state index contributed by atoms with van der Waals surface area (Å²) in [5, 5.41) is 0. The summed E-state index contributed by atoms with van der Waals surface area (Å²) in [5.41, 5.74) is 1.15. The van der Waals surface area contributed by atoms with Crippen LogP contribution in [0.3, 0.4) is 0 Å². The van der Waals surface area contributed by atoms with Gasteiger partial charge in [-0.3, -0.25) is 0 Å². The average Bonchev–Trinajstić information content (AvgIpc) is 2.94. The lowest BCUT2D eigenvalue weighted by Crippen LogP contribution is -2.48. The predicted molar refractivity (Wildman–Crippen MR) is 155 cm³/mol. The van der Waals surface area contributed by atoms with Gasteiger partial charge in [-0.25, -0.2) is 17.5 Å². The highest BCUT2D eigenvalue weighted by Crippen LogP contribution is 2.26. The summed E-state index contributed by atoms with van der Waals surface area (Å²) in [7, 11) is -0.420. The van der Waals surface area contributed by atoms with Gasteiger partial charge in [0.1, 0.15) is 0 Å². The van der Waals surface area contributed by atoms with Crippen LogP contribution in [0.5, 0.6) is 0 Å². The normalized spacial score (nSPS) is 15.6. The summed E-state index contributed by atoms with van der Waals surface area (Å²) >= 11 is 0. The Morgan fingerprint density at radius 1 is 1.03 bits per heavy atom.